The number of ether oxygens (including phenoxy) is 2. The molecule has 0 spiro atoms. The Bertz CT molecular complexity index is 448. The Morgan fingerprint density at radius 3 is 2.71 bits per heavy atom. The van der Waals surface area contributed by atoms with E-state index < -0.39 is 0 Å². The van der Waals surface area contributed by atoms with Crippen LogP contribution in [0.4, 0.5) is 0 Å². The van der Waals surface area contributed by atoms with Gasteiger partial charge in [-0.2, -0.15) is 0 Å². The van der Waals surface area contributed by atoms with Crippen LogP contribution >= 0.6 is 11.6 Å². The van der Waals surface area contributed by atoms with E-state index in [1.54, 1.807) is 0 Å². The zero-order valence-electron chi connectivity index (χ0n) is 9.53. The molecular weight excluding hydrogens is 240 g/mol. The van der Waals surface area contributed by atoms with Crippen molar-refractivity contribution < 1.29 is 14.3 Å². The lowest BCUT2D eigenvalue weighted by Gasteiger charge is -2.19. The van der Waals surface area contributed by atoms with E-state index in [0.717, 1.165) is 11.1 Å². The third-order valence-electron chi connectivity index (χ3n) is 2.73. The first-order valence-corrected chi connectivity index (χ1v) is 5.74. The summed E-state index contributed by atoms with van der Waals surface area (Å²) >= 11 is 5.84. The Morgan fingerprint density at radius 1 is 1.35 bits per heavy atom. The van der Waals surface area contributed by atoms with Crippen molar-refractivity contribution in [2.45, 2.75) is 6.42 Å². The first-order chi connectivity index (χ1) is 8.22. The van der Waals surface area contributed by atoms with Crippen molar-refractivity contribution in [3.05, 3.63) is 40.4 Å². The van der Waals surface area contributed by atoms with Gasteiger partial charge in [0, 0.05) is 5.02 Å². The van der Waals surface area contributed by atoms with Gasteiger partial charge in [0.05, 0.1) is 25.9 Å². The fourth-order valence-electron chi connectivity index (χ4n) is 1.86. The molecule has 0 bridgehead atoms. The van der Waals surface area contributed by atoms with Gasteiger partial charge in [-0.1, -0.05) is 23.7 Å². The van der Waals surface area contributed by atoms with Gasteiger partial charge in [-0.25, -0.2) is 4.79 Å². The van der Waals surface area contributed by atoms with Crippen molar-refractivity contribution in [2.75, 3.05) is 20.3 Å². The molecule has 1 aliphatic heterocycles. The molecule has 0 saturated carbocycles. The average molecular weight is 253 g/mol. The molecule has 0 aliphatic carbocycles. The number of benzene rings is 1. The van der Waals surface area contributed by atoms with E-state index in [9.17, 15) is 4.79 Å². The zero-order valence-corrected chi connectivity index (χ0v) is 10.3. The van der Waals surface area contributed by atoms with E-state index in [2.05, 4.69) is 0 Å². The Kier molecular flexibility index (Phi) is 3.82. The number of esters is 1. The number of hydrogen-bond donors (Lipinski definition) is 0. The van der Waals surface area contributed by atoms with Crippen LogP contribution in [0.5, 0.6) is 0 Å². The quantitative estimate of drug-likeness (QED) is 0.759. The largest absolute Gasteiger partial charge is 0.466 e. The van der Waals surface area contributed by atoms with Crippen LogP contribution in [0, 0.1) is 0 Å². The summed E-state index contributed by atoms with van der Waals surface area (Å²) in [5.41, 5.74) is 2.58. The molecule has 0 aromatic heterocycles. The lowest BCUT2D eigenvalue weighted by molar-refractivity contribution is -0.136. The van der Waals surface area contributed by atoms with Crippen LogP contribution in [-0.4, -0.2) is 26.3 Å². The van der Waals surface area contributed by atoms with E-state index in [1.807, 2.05) is 24.3 Å². The highest BCUT2D eigenvalue weighted by atomic mass is 35.5. The first kappa shape index (κ1) is 12.1. The van der Waals surface area contributed by atoms with Crippen LogP contribution in [0.2, 0.25) is 5.02 Å². The highest BCUT2D eigenvalue weighted by Crippen LogP contribution is 2.27. The minimum atomic E-state index is -0.324. The minimum Gasteiger partial charge on any atom is -0.466 e. The smallest absolute Gasteiger partial charge is 0.336 e. The third kappa shape index (κ3) is 2.68. The summed E-state index contributed by atoms with van der Waals surface area (Å²) in [6, 6.07) is 7.44. The molecule has 1 aliphatic rings. The molecule has 1 aromatic rings. The van der Waals surface area contributed by atoms with E-state index in [-0.39, 0.29) is 5.97 Å². The number of methoxy groups -OCH3 is 1. The number of rotatable bonds is 2. The highest BCUT2D eigenvalue weighted by Gasteiger charge is 2.21. The van der Waals surface area contributed by atoms with E-state index in [4.69, 9.17) is 21.1 Å². The summed E-state index contributed by atoms with van der Waals surface area (Å²) < 4.78 is 10.1. The van der Waals surface area contributed by atoms with E-state index in [0.29, 0.717) is 30.2 Å². The van der Waals surface area contributed by atoms with Gasteiger partial charge in [0.15, 0.2) is 0 Å². The minimum absolute atomic E-state index is 0.310. The predicted molar refractivity (Wildman–Crippen MR) is 65.8 cm³/mol. The Morgan fingerprint density at radius 2 is 2.06 bits per heavy atom. The molecular formula is C13H13ClO3. The van der Waals surface area contributed by atoms with Crippen molar-refractivity contribution in [1.82, 2.24) is 0 Å². The van der Waals surface area contributed by atoms with E-state index in [1.165, 1.54) is 7.11 Å². The molecule has 0 saturated heterocycles. The van der Waals surface area contributed by atoms with Gasteiger partial charge in [-0.3, -0.25) is 0 Å². The summed E-state index contributed by atoms with van der Waals surface area (Å²) in [4.78, 5) is 11.6. The van der Waals surface area contributed by atoms with Crippen LogP contribution in [0.25, 0.3) is 5.57 Å². The number of carbonyl (C=O) groups excluding carboxylic acids is 1. The van der Waals surface area contributed by atoms with Gasteiger partial charge in [0.25, 0.3) is 0 Å². The number of hydrogen-bond acceptors (Lipinski definition) is 3. The molecule has 3 nitrogen and oxygen atoms in total. The van der Waals surface area contributed by atoms with E-state index >= 15 is 0 Å². The highest BCUT2D eigenvalue weighted by molar-refractivity contribution is 6.30. The maximum Gasteiger partial charge on any atom is 0.336 e. The van der Waals surface area contributed by atoms with Crippen LogP contribution in [0.1, 0.15) is 12.0 Å². The molecule has 17 heavy (non-hydrogen) atoms. The van der Waals surface area contributed by atoms with Crippen molar-refractivity contribution in [3.63, 3.8) is 0 Å². The van der Waals surface area contributed by atoms with Crippen LogP contribution in [0.15, 0.2) is 29.8 Å². The molecule has 0 unspecified atom stereocenters. The molecule has 0 amide bonds. The summed E-state index contributed by atoms with van der Waals surface area (Å²) in [6.07, 6.45) is 0.714. The number of halogens is 1. The van der Waals surface area contributed by atoms with Gasteiger partial charge in [0.2, 0.25) is 0 Å². The maximum atomic E-state index is 11.6. The second kappa shape index (κ2) is 5.34. The van der Waals surface area contributed by atoms with Crippen molar-refractivity contribution in [1.29, 1.82) is 0 Å². The molecule has 1 aromatic carbocycles. The SMILES string of the molecule is COC(=O)C1=C(c2ccc(Cl)cc2)CCOC1. The molecule has 0 radical (unpaired) electrons. The maximum absolute atomic E-state index is 11.6. The summed E-state index contributed by atoms with van der Waals surface area (Å²) in [5, 5.41) is 0.682. The topological polar surface area (TPSA) is 35.5 Å². The summed E-state index contributed by atoms with van der Waals surface area (Å²) in [6.45, 7) is 0.934. The van der Waals surface area contributed by atoms with Crippen molar-refractivity contribution in [3.8, 4) is 0 Å². The second-order valence-corrected chi connectivity index (χ2v) is 4.19. The molecule has 2 rings (SSSR count). The molecule has 0 fully saturated rings. The normalized spacial score (nSPS) is 15.9. The standard InChI is InChI=1S/C13H13ClO3/c1-16-13(15)12-8-17-7-6-11(12)9-2-4-10(14)5-3-9/h2-5H,6-8H2,1H3. The second-order valence-electron chi connectivity index (χ2n) is 3.76. The average Bonchev–Trinajstić information content (AvgIpc) is 2.39. The fourth-order valence-corrected chi connectivity index (χ4v) is 1.99. The summed E-state index contributed by atoms with van der Waals surface area (Å²) in [7, 11) is 1.38. The monoisotopic (exact) mass is 252 g/mol. The molecule has 90 valence electrons. The molecule has 0 atom stereocenters. The van der Waals surface area contributed by atoms with Crippen LogP contribution in [0.3, 0.4) is 0 Å². The molecule has 4 heteroatoms. The van der Waals surface area contributed by atoms with Crippen molar-refractivity contribution in [2.24, 2.45) is 0 Å². The van der Waals surface area contributed by atoms with Gasteiger partial charge >= 0.3 is 5.97 Å². The zero-order chi connectivity index (χ0) is 12.3. The lowest BCUT2D eigenvalue weighted by atomic mass is 9.96. The number of carbonyl (C=O) groups is 1. The van der Waals surface area contributed by atoms with Crippen LogP contribution in [-0.2, 0) is 14.3 Å². The molecule has 0 N–H and O–H groups in total. The van der Waals surface area contributed by atoms with Crippen molar-refractivity contribution >= 4 is 23.1 Å². The third-order valence-corrected chi connectivity index (χ3v) is 2.98. The Balaban J connectivity index is 2.41. The van der Waals surface area contributed by atoms with Gasteiger partial charge in [-0.05, 0) is 29.7 Å². The first-order valence-electron chi connectivity index (χ1n) is 5.36. The van der Waals surface area contributed by atoms with Gasteiger partial charge < -0.3 is 9.47 Å². The fraction of sp³-hybridized carbons (Fsp3) is 0.308. The molecule has 1 heterocycles. The van der Waals surface area contributed by atoms with Gasteiger partial charge in [0.1, 0.15) is 0 Å². The Hall–Kier alpha value is -1.32. The van der Waals surface area contributed by atoms with Crippen LogP contribution < -0.4 is 0 Å². The Labute approximate surface area is 105 Å². The summed E-state index contributed by atoms with van der Waals surface area (Å²) in [5.74, 6) is -0.324. The van der Waals surface area contributed by atoms with Gasteiger partial charge in [-0.15, -0.1) is 0 Å². The predicted octanol–water partition coefficient (Wildman–Crippen LogP) is 2.69. The lowest BCUT2D eigenvalue weighted by Crippen LogP contribution is -2.18.